The van der Waals surface area contributed by atoms with Crippen molar-refractivity contribution in [3.05, 3.63) is 0 Å². The van der Waals surface area contributed by atoms with Crippen LogP contribution in [0.15, 0.2) is 0 Å². The molecule has 0 heterocycles. The Morgan fingerprint density at radius 3 is 1.19 bits per heavy atom. The monoisotopic (exact) mass is 510 g/mol. The zero-order valence-corrected chi connectivity index (χ0v) is 25.1. The summed E-state index contributed by atoms with van der Waals surface area (Å²) in [5.74, 6) is 1.45. The summed E-state index contributed by atoms with van der Waals surface area (Å²) < 4.78 is 11.2. The van der Waals surface area contributed by atoms with Gasteiger partial charge in [0.15, 0.2) is 0 Å². The number of carbonyl (C=O) groups excluding carboxylic acids is 2. The molecule has 4 unspecified atom stereocenters. The molecule has 0 saturated heterocycles. The van der Waals surface area contributed by atoms with Crippen molar-refractivity contribution >= 4 is 11.9 Å². The molecule has 4 atom stereocenters. The number of hydrogen-bond donors (Lipinski definition) is 0. The fourth-order valence-electron chi connectivity index (χ4n) is 4.96. The molecule has 0 aromatic carbocycles. The van der Waals surface area contributed by atoms with E-state index < -0.39 is 0 Å². The molecule has 0 rings (SSSR count). The second-order valence-corrected chi connectivity index (χ2v) is 11.2. The molecule has 214 valence electrons. The second-order valence-electron chi connectivity index (χ2n) is 11.2. The van der Waals surface area contributed by atoms with Gasteiger partial charge in [-0.3, -0.25) is 9.59 Å². The highest BCUT2D eigenvalue weighted by molar-refractivity contribution is 5.69. The summed E-state index contributed by atoms with van der Waals surface area (Å²) in [6, 6.07) is 0. The van der Waals surface area contributed by atoms with E-state index in [1.807, 2.05) is 13.8 Å². The van der Waals surface area contributed by atoms with E-state index in [4.69, 9.17) is 9.47 Å². The predicted octanol–water partition coefficient (Wildman–Crippen LogP) is 9.96. The van der Waals surface area contributed by atoms with E-state index >= 15 is 0 Å². The van der Waals surface area contributed by atoms with Crippen LogP contribution in [0.3, 0.4) is 0 Å². The molecule has 0 aliphatic rings. The van der Waals surface area contributed by atoms with Crippen LogP contribution in [0.2, 0.25) is 0 Å². The number of carbonyl (C=O) groups is 2. The molecule has 0 aromatic heterocycles. The third kappa shape index (κ3) is 21.1. The molecule has 0 aromatic rings. The smallest absolute Gasteiger partial charge is 0.306 e. The molecule has 4 heteroatoms. The number of ether oxygens (including phenoxy) is 2. The third-order valence-electron chi connectivity index (χ3n) is 7.73. The average Bonchev–Trinajstić information content (AvgIpc) is 2.85. The lowest BCUT2D eigenvalue weighted by Gasteiger charge is -2.18. The van der Waals surface area contributed by atoms with E-state index in [1.165, 1.54) is 51.4 Å². The van der Waals surface area contributed by atoms with Crippen LogP contribution in [-0.2, 0) is 19.1 Å². The quantitative estimate of drug-likeness (QED) is 0.0905. The summed E-state index contributed by atoms with van der Waals surface area (Å²) in [5.41, 5.74) is 0. The highest BCUT2D eigenvalue weighted by atomic mass is 16.5. The van der Waals surface area contributed by atoms with Gasteiger partial charge in [0, 0.05) is 12.8 Å². The van der Waals surface area contributed by atoms with Crippen LogP contribution in [0, 0.1) is 11.8 Å². The van der Waals surface area contributed by atoms with E-state index in [1.54, 1.807) is 0 Å². The average molecular weight is 511 g/mol. The first-order valence-electron chi connectivity index (χ1n) is 15.7. The van der Waals surface area contributed by atoms with E-state index in [0.717, 1.165) is 76.0 Å². The maximum Gasteiger partial charge on any atom is 0.306 e. The van der Waals surface area contributed by atoms with Crippen molar-refractivity contribution in [1.82, 2.24) is 0 Å². The van der Waals surface area contributed by atoms with Crippen LogP contribution in [-0.4, -0.2) is 24.1 Å². The largest absolute Gasteiger partial charge is 0.463 e. The van der Waals surface area contributed by atoms with Crippen LogP contribution < -0.4 is 0 Å². The van der Waals surface area contributed by atoms with Gasteiger partial charge >= 0.3 is 11.9 Å². The van der Waals surface area contributed by atoms with Gasteiger partial charge in [0.05, 0.1) is 12.2 Å². The Hall–Kier alpha value is -1.06. The summed E-state index contributed by atoms with van der Waals surface area (Å²) >= 11 is 0. The minimum atomic E-state index is -0.0448. The van der Waals surface area contributed by atoms with Crippen LogP contribution in [0.5, 0.6) is 0 Å². The molecule has 0 fully saturated rings. The molecular formula is C32H62O4. The molecule has 36 heavy (non-hydrogen) atoms. The lowest BCUT2D eigenvalue weighted by atomic mass is 9.93. The standard InChI is InChI=1S/C32H62O4/c1-7-11-19-29(9-3)25-23-27(5)35-31(33)21-17-15-13-14-16-18-22-32(34)36-28(6)24-26-30(10-4)20-12-8-2/h27-30H,7-26H2,1-6H3. The van der Waals surface area contributed by atoms with Gasteiger partial charge in [-0.25, -0.2) is 0 Å². The summed E-state index contributed by atoms with van der Waals surface area (Å²) in [7, 11) is 0. The van der Waals surface area contributed by atoms with Gasteiger partial charge in [-0.1, -0.05) is 105 Å². The zero-order chi connectivity index (χ0) is 27.0. The molecule has 0 spiro atoms. The van der Waals surface area contributed by atoms with Crippen LogP contribution in [0.1, 0.15) is 170 Å². The predicted molar refractivity (Wildman–Crippen MR) is 153 cm³/mol. The van der Waals surface area contributed by atoms with Gasteiger partial charge in [0.25, 0.3) is 0 Å². The molecule has 0 saturated carbocycles. The lowest BCUT2D eigenvalue weighted by Crippen LogP contribution is -2.16. The lowest BCUT2D eigenvalue weighted by molar-refractivity contribution is -0.149. The van der Waals surface area contributed by atoms with Crippen molar-refractivity contribution in [2.45, 2.75) is 182 Å². The fourth-order valence-corrected chi connectivity index (χ4v) is 4.96. The number of unbranched alkanes of at least 4 members (excludes halogenated alkanes) is 7. The van der Waals surface area contributed by atoms with Gasteiger partial charge in [-0.15, -0.1) is 0 Å². The number of hydrogen-bond acceptors (Lipinski definition) is 4. The molecular weight excluding hydrogens is 448 g/mol. The van der Waals surface area contributed by atoms with Crippen molar-refractivity contribution in [1.29, 1.82) is 0 Å². The maximum absolute atomic E-state index is 12.1. The minimum absolute atomic E-state index is 0.0322. The summed E-state index contributed by atoms with van der Waals surface area (Å²) in [6.07, 6.45) is 21.7. The van der Waals surface area contributed by atoms with Crippen LogP contribution in [0.25, 0.3) is 0 Å². The summed E-state index contributed by atoms with van der Waals surface area (Å²) in [6.45, 7) is 13.1. The number of rotatable bonds is 25. The van der Waals surface area contributed by atoms with Gasteiger partial charge in [-0.05, 0) is 64.2 Å². The molecule has 0 aliphatic carbocycles. The second kappa shape index (κ2) is 24.3. The van der Waals surface area contributed by atoms with Crippen molar-refractivity contribution < 1.29 is 19.1 Å². The molecule has 0 bridgehead atoms. The Bertz CT molecular complexity index is 472. The first kappa shape index (κ1) is 34.9. The Morgan fingerprint density at radius 1 is 0.500 bits per heavy atom. The maximum atomic E-state index is 12.1. The Balaban J connectivity index is 3.71. The first-order valence-corrected chi connectivity index (χ1v) is 15.7. The van der Waals surface area contributed by atoms with Crippen molar-refractivity contribution in [3.8, 4) is 0 Å². The van der Waals surface area contributed by atoms with E-state index in [0.29, 0.717) is 12.8 Å². The normalized spacial score (nSPS) is 14.7. The van der Waals surface area contributed by atoms with Crippen molar-refractivity contribution in [2.24, 2.45) is 11.8 Å². The summed E-state index contributed by atoms with van der Waals surface area (Å²) in [4.78, 5) is 24.2. The first-order chi connectivity index (χ1) is 17.4. The molecule has 0 N–H and O–H groups in total. The highest BCUT2D eigenvalue weighted by Gasteiger charge is 2.14. The highest BCUT2D eigenvalue weighted by Crippen LogP contribution is 2.21. The van der Waals surface area contributed by atoms with E-state index in [2.05, 4.69) is 27.7 Å². The van der Waals surface area contributed by atoms with E-state index in [-0.39, 0.29) is 24.1 Å². The fraction of sp³-hybridized carbons (Fsp3) is 0.938. The Morgan fingerprint density at radius 2 is 0.861 bits per heavy atom. The van der Waals surface area contributed by atoms with Gasteiger partial charge in [-0.2, -0.15) is 0 Å². The third-order valence-corrected chi connectivity index (χ3v) is 7.73. The van der Waals surface area contributed by atoms with Crippen LogP contribution in [0.4, 0.5) is 0 Å². The van der Waals surface area contributed by atoms with Gasteiger partial charge < -0.3 is 9.47 Å². The topological polar surface area (TPSA) is 52.6 Å². The molecule has 4 nitrogen and oxygen atoms in total. The zero-order valence-electron chi connectivity index (χ0n) is 25.1. The van der Waals surface area contributed by atoms with Crippen molar-refractivity contribution in [2.75, 3.05) is 0 Å². The van der Waals surface area contributed by atoms with Gasteiger partial charge in [0.1, 0.15) is 0 Å². The minimum Gasteiger partial charge on any atom is -0.463 e. The summed E-state index contributed by atoms with van der Waals surface area (Å²) in [5, 5.41) is 0. The molecule has 0 radical (unpaired) electrons. The Labute approximate surface area is 225 Å². The van der Waals surface area contributed by atoms with Gasteiger partial charge in [0.2, 0.25) is 0 Å². The number of esters is 2. The molecule has 0 aliphatic heterocycles. The van der Waals surface area contributed by atoms with E-state index in [9.17, 15) is 9.59 Å². The SMILES string of the molecule is CCCCC(CC)CCC(C)OC(=O)CCCCCCCCC(=O)OC(C)CCC(CC)CCCC. The Kier molecular flexibility index (Phi) is 23.6. The van der Waals surface area contributed by atoms with Crippen LogP contribution >= 0.6 is 0 Å². The van der Waals surface area contributed by atoms with Crippen molar-refractivity contribution in [3.63, 3.8) is 0 Å². The molecule has 0 amide bonds.